The first-order valence-electron chi connectivity index (χ1n) is 6.31. The Morgan fingerprint density at radius 2 is 2.05 bits per heavy atom. The third-order valence-electron chi connectivity index (χ3n) is 2.99. The van der Waals surface area contributed by atoms with Crippen molar-refractivity contribution in [1.82, 2.24) is 4.90 Å². The molecule has 1 aromatic rings. The van der Waals surface area contributed by atoms with E-state index in [1.165, 1.54) is 4.90 Å². The first-order valence-corrected chi connectivity index (χ1v) is 6.31. The second-order valence-corrected chi connectivity index (χ2v) is 4.67. The van der Waals surface area contributed by atoms with Crippen molar-refractivity contribution in [2.24, 2.45) is 0 Å². The van der Waals surface area contributed by atoms with Crippen molar-refractivity contribution < 1.29 is 14.3 Å². The summed E-state index contributed by atoms with van der Waals surface area (Å²) in [6.45, 7) is 2.76. The largest absolute Gasteiger partial charge is 0.445 e. The van der Waals surface area contributed by atoms with Gasteiger partial charge in [-0.3, -0.25) is 4.79 Å². The molecule has 1 aromatic carbocycles. The number of hydrogen-bond donors (Lipinski definition) is 0. The van der Waals surface area contributed by atoms with Crippen molar-refractivity contribution in [3.8, 4) is 0 Å². The molecular formula is C15H17NO3. The van der Waals surface area contributed by atoms with Gasteiger partial charge in [-0.25, -0.2) is 4.79 Å². The number of rotatable bonds is 2. The Morgan fingerprint density at radius 1 is 1.32 bits per heavy atom. The number of ketones is 1. The van der Waals surface area contributed by atoms with Gasteiger partial charge in [-0.05, 0) is 25.0 Å². The molecule has 0 radical (unpaired) electrons. The SMILES string of the molecule is CC1=CC(=O)CN(C(=O)OCc2ccccc2)CC1. The van der Waals surface area contributed by atoms with Crippen molar-refractivity contribution in [3.05, 3.63) is 47.5 Å². The molecule has 2 rings (SSSR count). The van der Waals surface area contributed by atoms with Gasteiger partial charge in [-0.2, -0.15) is 0 Å². The average Bonchev–Trinajstić information content (AvgIpc) is 2.58. The van der Waals surface area contributed by atoms with Crippen molar-refractivity contribution in [2.45, 2.75) is 20.0 Å². The molecule has 19 heavy (non-hydrogen) atoms. The summed E-state index contributed by atoms with van der Waals surface area (Å²) in [5.41, 5.74) is 1.94. The van der Waals surface area contributed by atoms with Crippen LogP contribution in [0.25, 0.3) is 0 Å². The maximum absolute atomic E-state index is 11.9. The molecule has 0 saturated carbocycles. The lowest BCUT2D eigenvalue weighted by Gasteiger charge is -2.19. The van der Waals surface area contributed by atoms with Gasteiger partial charge in [-0.15, -0.1) is 0 Å². The van der Waals surface area contributed by atoms with Gasteiger partial charge in [0.05, 0.1) is 6.54 Å². The van der Waals surface area contributed by atoms with E-state index in [1.54, 1.807) is 6.08 Å². The Labute approximate surface area is 112 Å². The summed E-state index contributed by atoms with van der Waals surface area (Å²) in [6.07, 6.45) is 1.89. The van der Waals surface area contributed by atoms with Gasteiger partial charge < -0.3 is 9.64 Å². The summed E-state index contributed by atoms with van der Waals surface area (Å²) >= 11 is 0. The molecule has 100 valence electrons. The van der Waals surface area contributed by atoms with Crippen LogP contribution in [0.1, 0.15) is 18.9 Å². The standard InChI is InChI=1S/C15H17NO3/c1-12-7-8-16(10-14(17)9-12)15(18)19-11-13-5-3-2-4-6-13/h2-6,9H,7-8,10-11H2,1H3. The third kappa shape index (κ3) is 3.95. The van der Waals surface area contributed by atoms with Crippen LogP contribution in [0.15, 0.2) is 42.0 Å². The Kier molecular flexibility index (Phi) is 4.34. The first kappa shape index (κ1) is 13.3. The smallest absolute Gasteiger partial charge is 0.410 e. The van der Waals surface area contributed by atoms with Crippen LogP contribution in [-0.4, -0.2) is 29.9 Å². The van der Waals surface area contributed by atoms with E-state index >= 15 is 0 Å². The maximum atomic E-state index is 11.9. The Morgan fingerprint density at radius 3 is 2.79 bits per heavy atom. The van der Waals surface area contributed by atoms with Crippen LogP contribution < -0.4 is 0 Å². The number of carbonyl (C=O) groups excluding carboxylic acids is 2. The molecule has 1 aliphatic heterocycles. The maximum Gasteiger partial charge on any atom is 0.410 e. The van der Waals surface area contributed by atoms with Gasteiger partial charge in [0.2, 0.25) is 0 Å². The van der Waals surface area contributed by atoms with Gasteiger partial charge in [0, 0.05) is 6.54 Å². The fourth-order valence-electron chi connectivity index (χ4n) is 1.94. The van der Waals surface area contributed by atoms with Gasteiger partial charge in [0.15, 0.2) is 5.78 Å². The predicted octanol–water partition coefficient (Wildman–Crippen LogP) is 2.54. The van der Waals surface area contributed by atoms with E-state index in [-0.39, 0.29) is 18.9 Å². The summed E-state index contributed by atoms with van der Waals surface area (Å²) < 4.78 is 5.22. The van der Waals surface area contributed by atoms with Gasteiger partial charge in [0.25, 0.3) is 0 Å². The minimum absolute atomic E-state index is 0.0494. The molecule has 0 aromatic heterocycles. The lowest BCUT2D eigenvalue weighted by Crippen LogP contribution is -2.35. The normalized spacial score (nSPS) is 15.7. The second-order valence-electron chi connectivity index (χ2n) is 4.67. The molecule has 0 N–H and O–H groups in total. The highest BCUT2D eigenvalue weighted by molar-refractivity contribution is 5.94. The van der Waals surface area contributed by atoms with Crippen LogP contribution in [0.5, 0.6) is 0 Å². The molecule has 0 bridgehead atoms. The van der Waals surface area contributed by atoms with Crippen molar-refractivity contribution >= 4 is 11.9 Å². The van der Waals surface area contributed by atoms with E-state index in [0.29, 0.717) is 13.0 Å². The van der Waals surface area contributed by atoms with E-state index in [0.717, 1.165) is 11.1 Å². The average molecular weight is 259 g/mol. The van der Waals surface area contributed by atoms with Gasteiger partial charge in [-0.1, -0.05) is 35.9 Å². The van der Waals surface area contributed by atoms with Crippen molar-refractivity contribution in [3.63, 3.8) is 0 Å². The Bertz CT molecular complexity index is 493. The summed E-state index contributed by atoms with van der Waals surface area (Å²) in [7, 11) is 0. The quantitative estimate of drug-likeness (QED) is 0.820. The zero-order valence-electron chi connectivity index (χ0n) is 11.0. The fraction of sp³-hybridized carbons (Fsp3) is 0.333. The van der Waals surface area contributed by atoms with Crippen LogP contribution in [0, 0.1) is 0 Å². The lowest BCUT2D eigenvalue weighted by molar-refractivity contribution is -0.115. The van der Waals surface area contributed by atoms with Crippen LogP contribution in [0.2, 0.25) is 0 Å². The van der Waals surface area contributed by atoms with Gasteiger partial charge in [0.1, 0.15) is 6.61 Å². The molecule has 0 atom stereocenters. The minimum Gasteiger partial charge on any atom is -0.445 e. The molecule has 1 amide bonds. The zero-order chi connectivity index (χ0) is 13.7. The van der Waals surface area contributed by atoms with Crippen molar-refractivity contribution in [2.75, 3.05) is 13.1 Å². The zero-order valence-corrected chi connectivity index (χ0v) is 11.0. The summed E-state index contributed by atoms with van der Waals surface area (Å²) in [4.78, 5) is 24.9. The van der Waals surface area contributed by atoms with E-state index in [4.69, 9.17) is 4.74 Å². The molecule has 4 heteroatoms. The number of carbonyl (C=O) groups is 2. The van der Waals surface area contributed by atoms with Crippen LogP contribution >= 0.6 is 0 Å². The Balaban J connectivity index is 1.88. The van der Waals surface area contributed by atoms with E-state index in [1.807, 2.05) is 37.3 Å². The molecule has 1 heterocycles. The third-order valence-corrected chi connectivity index (χ3v) is 2.99. The van der Waals surface area contributed by atoms with Gasteiger partial charge >= 0.3 is 6.09 Å². The predicted molar refractivity (Wildman–Crippen MR) is 71.6 cm³/mol. The van der Waals surface area contributed by atoms with Crippen LogP contribution in [0.3, 0.4) is 0 Å². The monoisotopic (exact) mass is 259 g/mol. The molecule has 0 spiro atoms. The fourth-order valence-corrected chi connectivity index (χ4v) is 1.94. The Hall–Kier alpha value is -2.10. The molecular weight excluding hydrogens is 242 g/mol. The molecule has 0 fully saturated rings. The first-order chi connectivity index (χ1) is 9.15. The molecule has 0 saturated heterocycles. The summed E-state index contributed by atoms with van der Waals surface area (Å²) in [6, 6.07) is 9.49. The molecule has 4 nitrogen and oxygen atoms in total. The highest BCUT2D eigenvalue weighted by atomic mass is 16.6. The van der Waals surface area contributed by atoms with E-state index in [2.05, 4.69) is 0 Å². The molecule has 0 aliphatic carbocycles. The number of ether oxygens (including phenoxy) is 1. The molecule has 0 unspecified atom stereocenters. The van der Waals surface area contributed by atoms with Crippen molar-refractivity contribution in [1.29, 1.82) is 0 Å². The lowest BCUT2D eigenvalue weighted by atomic mass is 10.2. The van der Waals surface area contributed by atoms with E-state index < -0.39 is 6.09 Å². The van der Waals surface area contributed by atoms with E-state index in [9.17, 15) is 9.59 Å². The minimum atomic E-state index is -0.430. The highest BCUT2D eigenvalue weighted by Crippen LogP contribution is 2.10. The second kappa shape index (κ2) is 6.18. The van der Waals surface area contributed by atoms with Crippen LogP contribution in [-0.2, 0) is 16.1 Å². The number of hydrogen-bond acceptors (Lipinski definition) is 3. The number of nitrogens with zero attached hydrogens (tertiary/aromatic N) is 1. The summed E-state index contributed by atoms with van der Waals surface area (Å²) in [5, 5.41) is 0. The van der Waals surface area contributed by atoms with Crippen LogP contribution in [0.4, 0.5) is 4.79 Å². The number of amides is 1. The number of benzene rings is 1. The topological polar surface area (TPSA) is 46.6 Å². The highest BCUT2D eigenvalue weighted by Gasteiger charge is 2.20. The molecule has 1 aliphatic rings. The summed E-state index contributed by atoms with van der Waals surface area (Å²) in [5.74, 6) is -0.0494.